The van der Waals surface area contributed by atoms with Crippen molar-refractivity contribution in [3.8, 4) is 0 Å². The fourth-order valence-electron chi connectivity index (χ4n) is 1.92. The highest BCUT2D eigenvalue weighted by Crippen LogP contribution is 2.25. The van der Waals surface area contributed by atoms with Crippen molar-refractivity contribution in [3.63, 3.8) is 0 Å². The lowest BCUT2D eigenvalue weighted by Crippen LogP contribution is -2.48. The molecule has 7 heteroatoms. The molecule has 0 aliphatic carbocycles. The van der Waals surface area contributed by atoms with Gasteiger partial charge in [-0.1, -0.05) is 0 Å². The second-order valence-corrected chi connectivity index (χ2v) is 5.62. The SMILES string of the molecule is CC(C)(C)OC(=O)[C@H]1CCCN(C(=O)C(F)(F)F)C1. The first-order valence-corrected chi connectivity index (χ1v) is 6.09. The third-order valence-electron chi connectivity index (χ3n) is 2.69. The molecular formula is C12H18F3NO3. The van der Waals surface area contributed by atoms with Crippen LogP contribution in [0.15, 0.2) is 0 Å². The highest BCUT2D eigenvalue weighted by molar-refractivity contribution is 5.83. The van der Waals surface area contributed by atoms with E-state index in [1.165, 1.54) is 0 Å². The molecule has 110 valence electrons. The van der Waals surface area contributed by atoms with Gasteiger partial charge in [0, 0.05) is 13.1 Å². The first-order chi connectivity index (χ1) is 8.50. The normalized spacial score (nSPS) is 21.2. The summed E-state index contributed by atoms with van der Waals surface area (Å²) in [5.41, 5.74) is -0.687. The van der Waals surface area contributed by atoms with Gasteiger partial charge in [0.2, 0.25) is 0 Å². The molecule has 1 saturated heterocycles. The van der Waals surface area contributed by atoms with Crippen LogP contribution >= 0.6 is 0 Å². The van der Waals surface area contributed by atoms with E-state index in [-0.39, 0.29) is 13.1 Å². The summed E-state index contributed by atoms with van der Waals surface area (Å²) in [5.74, 6) is -3.12. The maximum Gasteiger partial charge on any atom is 0.471 e. The fourth-order valence-corrected chi connectivity index (χ4v) is 1.92. The smallest absolute Gasteiger partial charge is 0.460 e. The highest BCUT2D eigenvalue weighted by atomic mass is 19.4. The Balaban J connectivity index is 2.65. The Hall–Kier alpha value is -1.27. The van der Waals surface area contributed by atoms with Crippen molar-refractivity contribution in [3.05, 3.63) is 0 Å². The van der Waals surface area contributed by atoms with E-state index in [1.807, 2.05) is 0 Å². The average Bonchev–Trinajstić information content (AvgIpc) is 2.24. The molecule has 1 fully saturated rings. The van der Waals surface area contributed by atoms with Crippen LogP contribution in [0.2, 0.25) is 0 Å². The maximum atomic E-state index is 12.3. The fraction of sp³-hybridized carbons (Fsp3) is 0.833. The van der Waals surface area contributed by atoms with Crippen molar-refractivity contribution in [1.82, 2.24) is 4.90 Å². The van der Waals surface area contributed by atoms with Gasteiger partial charge >= 0.3 is 18.1 Å². The number of ether oxygens (including phenoxy) is 1. The first-order valence-electron chi connectivity index (χ1n) is 6.09. The van der Waals surface area contributed by atoms with E-state index < -0.39 is 29.6 Å². The Bertz CT molecular complexity index is 360. The number of nitrogens with zero attached hydrogens (tertiary/aromatic N) is 1. The van der Waals surface area contributed by atoms with E-state index in [2.05, 4.69) is 0 Å². The van der Waals surface area contributed by atoms with Crippen LogP contribution in [-0.2, 0) is 14.3 Å². The minimum atomic E-state index is -4.89. The van der Waals surface area contributed by atoms with Crippen LogP contribution in [0.4, 0.5) is 13.2 Å². The molecule has 1 rings (SSSR count). The number of likely N-dealkylation sites (tertiary alicyclic amines) is 1. The first kappa shape index (κ1) is 15.8. The molecular weight excluding hydrogens is 263 g/mol. The average molecular weight is 281 g/mol. The number of rotatable bonds is 1. The van der Waals surface area contributed by atoms with Crippen LogP contribution in [0.25, 0.3) is 0 Å². The third-order valence-corrected chi connectivity index (χ3v) is 2.69. The summed E-state index contributed by atoms with van der Waals surface area (Å²) in [7, 11) is 0. The minimum absolute atomic E-state index is 0.0254. The van der Waals surface area contributed by atoms with E-state index in [0.717, 1.165) is 0 Å². The van der Waals surface area contributed by atoms with Gasteiger partial charge in [-0.05, 0) is 33.6 Å². The maximum absolute atomic E-state index is 12.3. The summed E-state index contributed by atoms with van der Waals surface area (Å²) < 4.78 is 42.1. The summed E-state index contributed by atoms with van der Waals surface area (Å²) in [4.78, 5) is 23.6. The van der Waals surface area contributed by atoms with E-state index in [9.17, 15) is 22.8 Å². The van der Waals surface area contributed by atoms with E-state index in [4.69, 9.17) is 4.74 Å². The van der Waals surface area contributed by atoms with Crippen LogP contribution in [0.5, 0.6) is 0 Å². The number of halogens is 3. The van der Waals surface area contributed by atoms with Crippen LogP contribution in [0.3, 0.4) is 0 Å². The van der Waals surface area contributed by atoms with Crippen molar-refractivity contribution >= 4 is 11.9 Å². The summed E-state index contributed by atoms with van der Waals surface area (Å²) in [6, 6.07) is 0. The molecule has 1 aliphatic rings. The number of carbonyl (C=O) groups is 2. The molecule has 19 heavy (non-hydrogen) atoms. The molecule has 0 bridgehead atoms. The number of amides is 1. The molecule has 0 aromatic rings. The largest absolute Gasteiger partial charge is 0.471 e. The molecule has 0 unspecified atom stereocenters. The molecule has 0 spiro atoms. The third kappa shape index (κ3) is 4.72. The molecule has 1 atom stereocenters. The van der Waals surface area contributed by atoms with Crippen LogP contribution in [0, 0.1) is 5.92 Å². The van der Waals surface area contributed by atoms with Crippen molar-refractivity contribution in [2.45, 2.75) is 45.4 Å². The van der Waals surface area contributed by atoms with Crippen molar-refractivity contribution in [1.29, 1.82) is 0 Å². The molecule has 0 aromatic carbocycles. The number of esters is 1. The molecule has 1 amide bonds. The number of piperidine rings is 1. The number of carbonyl (C=O) groups excluding carboxylic acids is 2. The van der Waals surface area contributed by atoms with Crippen molar-refractivity contribution in [2.75, 3.05) is 13.1 Å². The zero-order chi connectivity index (χ0) is 14.8. The van der Waals surface area contributed by atoms with Crippen LogP contribution in [-0.4, -0.2) is 41.6 Å². The van der Waals surface area contributed by atoms with Crippen molar-refractivity contribution < 1.29 is 27.5 Å². The Labute approximate surface area is 109 Å². The molecule has 0 aromatic heterocycles. The second-order valence-electron chi connectivity index (χ2n) is 5.62. The lowest BCUT2D eigenvalue weighted by atomic mass is 9.97. The Morgan fingerprint density at radius 2 is 1.79 bits per heavy atom. The van der Waals surface area contributed by atoms with Gasteiger partial charge in [0.15, 0.2) is 0 Å². The number of alkyl halides is 3. The van der Waals surface area contributed by atoms with Gasteiger partial charge in [-0.2, -0.15) is 13.2 Å². The summed E-state index contributed by atoms with van der Waals surface area (Å²) in [6.07, 6.45) is -4.09. The van der Waals surface area contributed by atoms with E-state index in [0.29, 0.717) is 17.7 Å². The highest BCUT2D eigenvalue weighted by Gasteiger charge is 2.44. The predicted molar refractivity (Wildman–Crippen MR) is 61.2 cm³/mol. The monoisotopic (exact) mass is 281 g/mol. The number of hydrogen-bond donors (Lipinski definition) is 0. The van der Waals surface area contributed by atoms with Gasteiger partial charge in [0.05, 0.1) is 5.92 Å². The van der Waals surface area contributed by atoms with Gasteiger partial charge in [0.25, 0.3) is 0 Å². The minimum Gasteiger partial charge on any atom is -0.460 e. The Morgan fingerprint density at radius 3 is 2.26 bits per heavy atom. The van der Waals surface area contributed by atoms with Crippen molar-refractivity contribution in [2.24, 2.45) is 5.92 Å². The molecule has 0 saturated carbocycles. The molecule has 1 aliphatic heterocycles. The quantitative estimate of drug-likeness (QED) is 0.692. The molecule has 0 radical (unpaired) electrons. The van der Waals surface area contributed by atoms with Gasteiger partial charge in [-0.3, -0.25) is 9.59 Å². The summed E-state index contributed by atoms with van der Waals surface area (Å²) in [6.45, 7) is 4.86. The lowest BCUT2D eigenvalue weighted by molar-refractivity contribution is -0.188. The lowest BCUT2D eigenvalue weighted by Gasteiger charge is -2.33. The zero-order valence-electron chi connectivity index (χ0n) is 11.2. The molecule has 4 nitrogen and oxygen atoms in total. The van der Waals surface area contributed by atoms with Gasteiger partial charge in [-0.25, -0.2) is 0 Å². The summed E-state index contributed by atoms with van der Waals surface area (Å²) in [5, 5.41) is 0. The van der Waals surface area contributed by atoms with Gasteiger partial charge in [-0.15, -0.1) is 0 Å². The summed E-state index contributed by atoms with van der Waals surface area (Å²) >= 11 is 0. The molecule has 1 heterocycles. The van der Waals surface area contributed by atoms with Gasteiger partial charge in [0.1, 0.15) is 5.60 Å². The Kier molecular flexibility index (Phi) is 4.47. The topological polar surface area (TPSA) is 46.6 Å². The zero-order valence-corrected chi connectivity index (χ0v) is 11.2. The van der Waals surface area contributed by atoms with E-state index in [1.54, 1.807) is 20.8 Å². The number of hydrogen-bond acceptors (Lipinski definition) is 3. The Morgan fingerprint density at radius 1 is 1.21 bits per heavy atom. The standard InChI is InChI=1S/C12H18F3NO3/c1-11(2,3)19-9(17)8-5-4-6-16(7-8)10(18)12(13,14)15/h8H,4-7H2,1-3H3/t8-/m0/s1. The molecule has 0 N–H and O–H groups in total. The van der Waals surface area contributed by atoms with E-state index >= 15 is 0 Å². The van der Waals surface area contributed by atoms with Crippen LogP contribution in [0.1, 0.15) is 33.6 Å². The second kappa shape index (κ2) is 5.38. The van der Waals surface area contributed by atoms with Gasteiger partial charge < -0.3 is 9.64 Å². The van der Waals surface area contributed by atoms with Crippen LogP contribution < -0.4 is 0 Å². The predicted octanol–water partition coefficient (Wildman–Crippen LogP) is 2.13.